The monoisotopic (exact) mass is 356 g/mol. The Balaban J connectivity index is 1.86. The lowest BCUT2D eigenvalue weighted by atomic mass is 10.0. The van der Waals surface area contributed by atoms with Crippen molar-refractivity contribution in [3.05, 3.63) is 41.9 Å². The number of carbonyl (C=O) groups excluding carboxylic acids is 2. The number of hydrogen-bond donors (Lipinski definition) is 1. The van der Waals surface area contributed by atoms with Crippen LogP contribution in [0.1, 0.15) is 66.3 Å². The molecule has 1 aliphatic carbocycles. The van der Waals surface area contributed by atoms with Gasteiger partial charge in [0.05, 0.1) is 12.2 Å². The first-order valence-corrected chi connectivity index (χ1v) is 9.21. The maximum Gasteiger partial charge on any atom is 0.360 e. The van der Waals surface area contributed by atoms with Gasteiger partial charge in [-0.3, -0.25) is 4.79 Å². The van der Waals surface area contributed by atoms with Gasteiger partial charge in [0.1, 0.15) is 0 Å². The second-order valence-electron chi connectivity index (χ2n) is 6.46. The van der Waals surface area contributed by atoms with Crippen LogP contribution >= 0.6 is 0 Å². The van der Waals surface area contributed by atoms with Crippen molar-refractivity contribution in [2.45, 2.75) is 51.5 Å². The van der Waals surface area contributed by atoms with E-state index in [9.17, 15) is 9.59 Å². The van der Waals surface area contributed by atoms with Crippen LogP contribution in [0.2, 0.25) is 0 Å². The molecule has 26 heavy (non-hydrogen) atoms. The Labute approximate surface area is 152 Å². The summed E-state index contributed by atoms with van der Waals surface area (Å²) in [5.74, 6) is -0.455. The van der Waals surface area contributed by atoms with Crippen LogP contribution in [-0.4, -0.2) is 29.5 Å². The minimum atomic E-state index is -0.560. The number of hydrogen-bond acceptors (Lipinski definition) is 5. The van der Waals surface area contributed by atoms with E-state index in [2.05, 4.69) is 10.3 Å². The van der Waals surface area contributed by atoms with E-state index in [0.29, 0.717) is 11.1 Å². The summed E-state index contributed by atoms with van der Waals surface area (Å²) in [7, 11) is 0. The highest BCUT2D eigenvalue weighted by Crippen LogP contribution is 2.28. The molecular weight excluding hydrogens is 332 g/mol. The summed E-state index contributed by atoms with van der Waals surface area (Å²) in [5.41, 5.74) is 1.10. The zero-order chi connectivity index (χ0) is 18.4. The number of ether oxygens (including phenoxy) is 1. The molecule has 0 radical (unpaired) electrons. The number of rotatable bonds is 5. The third-order valence-corrected chi connectivity index (χ3v) is 4.64. The van der Waals surface area contributed by atoms with E-state index in [1.807, 2.05) is 0 Å². The predicted molar refractivity (Wildman–Crippen MR) is 96.9 cm³/mol. The SMILES string of the molecule is CCOC(=O)c1ncoc1-c1ccccc1C(=O)NC1CCCCCC1. The first kappa shape index (κ1) is 18.2. The first-order valence-electron chi connectivity index (χ1n) is 9.21. The third kappa shape index (κ3) is 4.12. The smallest absolute Gasteiger partial charge is 0.360 e. The molecule has 1 saturated carbocycles. The molecule has 0 bridgehead atoms. The van der Waals surface area contributed by atoms with Gasteiger partial charge in [-0.25, -0.2) is 9.78 Å². The van der Waals surface area contributed by atoms with E-state index >= 15 is 0 Å². The molecule has 6 heteroatoms. The van der Waals surface area contributed by atoms with Crippen molar-refractivity contribution in [3.8, 4) is 11.3 Å². The number of esters is 1. The number of nitrogens with one attached hydrogen (secondary N) is 1. The molecule has 1 heterocycles. The number of benzene rings is 1. The lowest BCUT2D eigenvalue weighted by molar-refractivity contribution is 0.0520. The van der Waals surface area contributed by atoms with Crippen molar-refractivity contribution in [2.75, 3.05) is 6.61 Å². The van der Waals surface area contributed by atoms with E-state index in [4.69, 9.17) is 9.15 Å². The minimum Gasteiger partial charge on any atom is -0.461 e. The second kappa shape index (κ2) is 8.65. The fraction of sp³-hybridized carbons (Fsp3) is 0.450. The van der Waals surface area contributed by atoms with Crippen LogP contribution in [0.15, 0.2) is 35.1 Å². The highest BCUT2D eigenvalue weighted by atomic mass is 16.5. The largest absolute Gasteiger partial charge is 0.461 e. The molecule has 0 spiro atoms. The number of amides is 1. The molecule has 0 saturated heterocycles. The van der Waals surface area contributed by atoms with E-state index in [1.54, 1.807) is 31.2 Å². The third-order valence-electron chi connectivity index (χ3n) is 4.64. The Kier molecular flexibility index (Phi) is 6.04. The summed E-state index contributed by atoms with van der Waals surface area (Å²) in [6.07, 6.45) is 7.94. The summed E-state index contributed by atoms with van der Waals surface area (Å²) < 4.78 is 10.4. The Morgan fingerprint density at radius 3 is 2.65 bits per heavy atom. The summed E-state index contributed by atoms with van der Waals surface area (Å²) in [6, 6.07) is 7.28. The van der Waals surface area contributed by atoms with Gasteiger partial charge in [-0.05, 0) is 25.8 Å². The highest BCUT2D eigenvalue weighted by Gasteiger charge is 2.24. The molecule has 0 atom stereocenters. The van der Waals surface area contributed by atoms with Crippen LogP contribution in [0.25, 0.3) is 11.3 Å². The highest BCUT2D eigenvalue weighted by molar-refractivity contribution is 6.03. The molecule has 1 amide bonds. The Morgan fingerprint density at radius 1 is 1.19 bits per heavy atom. The Morgan fingerprint density at radius 2 is 1.92 bits per heavy atom. The molecule has 1 fully saturated rings. The van der Waals surface area contributed by atoms with Gasteiger partial charge in [0.2, 0.25) is 0 Å². The van der Waals surface area contributed by atoms with Crippen molar-refractivity contribution in [3.63, 3.8) is 0 Å². The van der Waals surface area contributed by atoms with E-state index in [0.717, 1.165) is 25.7 Å². The van der Waals surface area contributed by atoms with Gasteiger partial charge < -0.3 is 14.5 Å². The lowest BCUT2D eigenvalue weighted by Gasteiger charge is -2.17. The van der Waals surface area contributed by atoms with Gasteiger partial charge in [0, 0.05) is 11.6 Å². The molecule has 138 valence electrons. The van der Waals surface area contributed by atoms with Crippen LogP contribution in [0.4, 0.5) is 0 Å². The van der Waals surface area contributed by atoms with Gasteiger partial charge in [-0.1, -0.05) is 43.9 Å². The standard InChI is InChI=1S/C20H24N2O4/c1-2-25-20(24)17-18(26-13-21-17)15-11-7-8-12-16(15)19(23)22-14-9-5-3-4-6-10-14/h7-8,11-14H,2-6,9-10H2,1H3,(H,22,23). The van der Waals surface area contributed by atoms with E-state index < -0.39 is 5.97 Å². The number of aromatic nitrogens is 1. The van der Waals surface area contributed by atoms with Crippen molar-refractivity contribution in [1.29, 1.82) is 0 Å². The molecule has 2 aromatic rings. The van der Waals surface area contributed by atoms with Crippen molar-refractivity contribution in [1.82, 2.24) is 10.3 Å². The fourth-order valence-electron chi connectivity index (χ4n) is 3.35. The fourth-order valence-corrected chi connectivity index (χ4v) is 3.35. The van der Waals surface area contributed by atoms with Gasteiger partial charge in [-0.15, -0.1) is 0 Å². The molecule has 6 nitrogen and oxygen atoms in total. The summed E-state index contributed by atoms with van der Waals surface area (Å²) >= 11 is 0. The van der Waals surface area contributed by atoms with Crippen LogP contribution in [-0.2, 0) is 4.74 Å². The minimum absolute atomic E-state index is 0.0848. The van der Waals surface area contributed by atoms with Crippen LogP contribution in [0, 0.1) is 0 Å². The first-order chi connectivity index (χ1) is 12.7. The summed E-state index contributed by atoms with van der Waals surface area (Å²) in [5, 5.41) is 3.13. The molecular formula is C20H24N2O4. The topological polar surface area (TPSA) is 81.4 Å². The molecule has 1 aromatic heterocycles. The number of carbonyl (C=O) groups is 2. The van der Waals surface area contributed by atoms with Crippen LogP contribution in [0.5, 0.6) is 0 Å². The lowest BCUT2D eigenvalue weighted by Crippen LogP contribution is -2.34. The summed E-state index contributed by atoms with van der Waals surface area (Å²) in [4.78, 5) is 28.9. The normalized spacial score (nSPS) is 15.3. The van der Waals surface area contributed by atoms with Crippen molar-refractivity contribution >= 4 is 11.9 Å². The zero-order valence-corrected chi connectivity index (χ0v) is 15.0. The van der Waals surface area contributed by atoms with Crippen LogP contribution in [0.3, 0.4) is 0 Å². The predicted octanol–water partition coefficient (Wildman–Crippen LogP) is 3.97. The molecule has 3 rings (SSSR count). The molecule has 0 aliphatic heterocycles. The Bertz CT molecular complexity index is 761. The second-order valence-corrected chi connectivity index (χ2v) is 6.46. The number of oxazole rings is 1. The van der Waals surface area contributed by atoms with Crippen molar-refractivity contribution in [2.24, 2.45) is 0 Å². The maximum absolute atomic E-state index is 12.9. The van der Waals surface area contributed by atoms with Crippen LogP contribution < -0.4 is 5.32 Å². The average Bonchev–Trinajstić information content (AvgIpc) is 3.00. The maximum atomic E-state index is 12.9. The summed E-state index contributed by atoms with van der Waals surface area (Å²) in [6.45, 7) is 1.97. The quantitative estimate of drug-likeness (QED) is 0.647. The van der Waals surface area contributed by atoms with E-state index in [-0.39, 0.29) is 30.0 Å². The number of nitrogens with zero attached hydrogens (tertiary/aromatic N) is 1. The van der Waals surface area contributed by atoms with E-state index in [1.165, 1.54) is 19.2 Å². The van der Waals surface area contributed by atoms with Gasteiger partial charge in [0.25, 0.3) is 5.91 Å². The van der Waals surface area contributed by atoms with Gasteiger partial charge in [-0.2, -0.15) is 0 Å². The van der Waals surface area contributed by atoms with Gasteiger partial charge >= 0.3 is 5.97 Å². The average molecular weight is 356 g/mol. The molecule has 0 unspecified atom stereocenters. The molecule has 1 aliphatic rings. The molecule has 1 aromatic carbocycles. The molecule has 1 N–H and O–H groups in total. The zero-order valence-electron chi connectivity index (χ0n) is 15.0. The van der Waals surface area contributed by atoms with Crippen molar-refractivity contribution < 1.29 is 18.7 Å². The Hall–Kier alpha value is -2.63. The van der Waals surface area contributed by atoms with Gasteiger partial charge in [0.15, 0.2) is 17.8 Å².